The van der Waals surface area contributed by atoms with Crippen molar-refractivity contribution < 1.29 is 27.9 Å². The molecule has 6 atom stereocenters. The van der Waals surface area contributed by atoms with Gasteiger partial charge in [-0.3, -0.25) is 4.79 Å². The lowest BCUT2D eigenvalue weighted by molar-refractivity contribution is -0.294. The van der Waals surface area contributed by atoms with Crippen molar-refractivity contribution in [3.05, 3.63) is 72.8 Å². The zero-order chi connectivity index (χ0) is 37.8. The average Bonchev–Trinajstić information content (AvgIpc) is 3.02. The summed E-state index contributed by atoms with van der Waals surface area (Å²) in [7, 11) is -4.90. The number of rotatable bonds is 14. The molecule has 50 heavy (non-hydrogen) atoms. The molecule has 280 valence electrons. The molecule has 0 spiro atoms. The number of esters is 1. The van der Waals surface area contributed by atoms with Crippen LogP contribution in [-0.2, 0) is 27.9 Å². The highest BCUT2D eigenvalue weighted by atomic mass is 79.9. The molecule has 0 N–H and O–H groups in total. The van der Waals surface area contributed by atoms with Crippen molar-refractivity contribution in [2.24, 2.45) is 11.8 Å². The number of hydrogen-bond donors (Lipinski definition) is 0. The maximum Gasteiger partial charge on any atom is 0.325 e. The Hall–Kier alpha value is -1.60. The molecule has 2 aromatic carbocycles. The number of hydrogen-bond acceptors (Lipinski definition) is 6. The van der Waals surface area contributed by atoms with E-state index in [1.165, 1.54) is 10.4 Å². The molecule has 0 amide bonds. The Bertz CT molecular complexity index is 1360. The first-order valence-corrected chi connectivity index (χ1v) is 23.9. The summed E-state index contributed by atoms with van der Waals surface area (Å²) in [5.74, 6) is -1.05. The normalized spacial score (nSPS) is 22.1. The molecular formula is C41H65BrO6Si2. The minimum absolute atomic E-state index is 0.0434. The molecule has 6 nitrogen and oxygen atoms in total. The second kappa shape index (κ2) is 16.6. The molecule has 2 aromatic rings. The molecule has 1 fully saturated rings. The van der Waals surface area contributed by atoms with Crippen molar-refractivity contribution >= 4 is 48.9 Å². The van der Waals surface area contributed by atoms with Crippen LogP contribution in [0.5, 0.6) is 0 Å². The smallest absolute Gasteiger partial charge is 0.325 e. The first kappa shape index (κ1) is 42.8. The number of ether oxygens (including phenoxy) is 3. The van der Waals surface area contributed by atoms with Crippen LogP contribution in [0.3, 0.4) is 0 Å². The number of carbonyl (C=O) groups is 1. The molecule has 0 aromatic heterocycles. The lowest BCUT2D eigenvalue weighted by atomic mass is 9.92. The Morgan fingerprint density at radius 1 is 0.920 bits per heavy atom. The van der Waals surface area contributed by atoms with E-state index < -0.39 is 32.9 Å². The Morgan fingerprint density at radius 3 is 1.90 bits per heavy atom. The molecule has 0 bridgehead atoms. The first-order valence-electron chi connectivity index (χ1n) is 18.3. The zero-order valence-corrected chi connectivity index (χ0v) is 36.8. The van der Waals surface area contributed by atoms with Gasteiger partial charge < -0.3 is 23.1 Å². The largest absolute Gasteiger partial charge is 0.465 e. The second-order valence-corrected chi connectivity index (χ2v) is 27.9. The Morgan fingerprint density at radius 2 is 1.44 bits per heavy atom. The summed E-state index contributed by atoms with van der Waals surface area (Å²) in [6, 6.07) is 21.6. The Balaban J connectivity index is 1.97. The van der Waals surface area contributed by atoms with E-state index in [-0.39, 0.29) is 40.1 Å². The molecule has 1 heterocycles. The van der Waals surface area contributed by atoms with Gasteiger partial charge >= 0.3 is 5.97 Å². The Kier molecular flexibility index (Phi) is 14.2. The highest BCUT2D eigenvalue weighted by molar-refractivity contribution is 9.10. The fourth-order valence-electron chi connectivity index (χ4n) is 6.68. The van der Waals surface area contributed by atoms with Gasteiger partial charge in [0.25, 0.3) is 8.32 Å². The van der Waals surface area contributed by atoms with Gasteiger partial charge in [0.05, 0.1) is 24.9 Å². The van der Waals surface area contributed by atoms with Crippen molar-refractivity contribution in [2.75, 3.05) is 13.2 Å². The highest BCUT2D eigenvalue weighted by Crippen LogP contribution is 2.42. The minimum Gasteiger partial charge on any atom is -0.465 e. The summed E-state index contributed by atoms with van der Waals surface area (Å²) in [6.07, 6.45) is 4.09. The van der Waals surface area contributed by atoms with Gasteiger partial charge in [-0.25, -0.2) is 0 Å². The first-order chi connectivity index (χ1) is 23.0. The molecule has 1 saturated heterocycles. The van der Waals surface area contributed by atoms with Crippen LogP contribution >= 0.6 is 15.9 Å². The van der Waals surface area contributed by atoms with Crippen LogP contribution in [0.1, 0.15) is 89.5 Å². The van der Waals surface area contributed by atoms with Crippen LogP contribution in [0.2, 0.25) is 23.2 Å². The molecular weight excluding hydrogens is 725 g/mol. The predicted molar refractivity (Wildman–Crippen MR) is 216 cm³/mol. The van der Waals surface area contributed by atoms with E-state index in [4.69, 9.17) is 23.1 Å². The van der Waals surface area contributed by atoms with E-state index in [0.717, 1.165) is 0 Å². The number of benzene rings is 2. The van der Waals surface area contributed by atoms with Crippen LogP contribution in [0, 0.1) is 11.8 Å². The third-order valence-corrected chi connectivity index (χ3v) is 20.8. The number of carbonyl (C=O) groups excluding carboxylic acids is 1. The second-order valence-electron chi connectivity index (χ2n) is 17.2. The quantitative estimate of drug-likeness (QED) is 0.0823. The molecule has 1 aliphatic rings. The Labute approximate surface area is 314 Å². The van der Waals surface area contributed by atoms with Crippen molar-refractivity contribution in [1.29, 1.82) is 0 Å². The predicted octanol–water partition coefficient (Wildman–Crippen LogP) is 9.41. The van der Waals surface area contributed by atoms with Crippen LogP contribution in [0.15, 0.2) is 72.8 Å². The minimum atomic E-state index is -2.73. The maximum atomic E-state index is 12.9. The highest BCUT2D eigenvalue weighted by Gasteiger charge is 2.51. The van der Waals surface area contributed by atoms with Gasteiger partial charge in [-0.2, -0.15) is 0 Å². The van der Waals surface area contributed by atoms with E-state index in [0.29, 0.717) is 19.6 Å². The van der Waals surface area contributed by atoms with Crippen LogP contribution < -0.4 is 10.4 Å². The third-order valence-electron chi connectivity index (χ3n) is 10.5. The number of alkyl halides is 1. The topological polar surface area (TPSA) is 63.2 Å². The lowest BCUT2D eigenvalue weighted by Gasteiger charge is -2.46. The summed E-state index contributed by atoms with van der Waals surface area (Å²) in [6.45, 7) is 31.3. The standard InChI is InChI=1S/C41H65BrO6Si2/c1-15-44-37(43)41(12,42)35-28-32(46-40(10,11)47-35)27-26-30(2)36(48-49(13,14)38(4,5)6)31(3)29-45-50(39(7,8)9,33-22-18-16-19-23-33)34-24-20-17-21-25-34/h16-27,30-32,35-36H,15,28-29H2,1-14H3/b27-26-/t30-,31-,32+,35-,36-,41?/m0/s1. The average molecular weight is 790 g/mol. The molecule has 0 saturated carbocycles. The van der Waals surface area contributed by atoms with E-state index in [1.54, 1.807) is 0 Å². The van der Waals surface area contributed by atoms with Gasteiger partial charge in [0, 0.05) is 18.9 Å². The van der Waals surface area contributed by atoms with Crippen molar-refractivity contribution in [1.82, 2.24) is 0 Å². The van der Waals surface area contributed by atoms with E-state index in [9.17, 15) is 4.79 Å². The molecule has 3 rings (SSSR count). The zero-order valence-electron chi connectivity index (χ0n) is 33.3. The van der Waals surface area contributed by atoms with Gasteiger partial charge in [-0.1, -0.05) is 144 Å². The molecule has 1 unspecified atom stereocenters. The monoisotopic (exact) mass is 788 g/mol. The summed E-state index contributed by atoms with van der Waals surface area (Å²) < 4.78 is 31.7. The maximum absolute atomic E-state index is 12.9. The third kappa shape index (κ3) is 10.1. The van der Waals surface area contributed by atoms with Crippen molar-refractivity contribution in [3.63, 3.8) is 0 Å². The van der Waals surface area contributed by atoms with Crippen LogP contribution in [0.25, 0.3) is 0 Å². The fourth-order valence-corrected chi connectivity index (χ4v) is 13.2. The van der Waals surface area contributed by atoms with E-state index in [2.05, 4.69) is 157 Å². The van der Waals surface area contributed by atoms with Crippen molar-refractivity contribution in [2.45, 2.75) is 141 Å². The van der Waals surface area contributed by atoms with Gasteiger partial charge in [0.2, 0.25) is 0 Å². The fraction of sp³-hybridized carbons (Fsp3) is 0.634. The van der Waals surface area contributed by atoms with Crippen LogP contribution in [-0.4, -0.2) is 64.2 Å². The lowest BCUT2D eigenvalue weighted by Crippen LogP contribution is -2.67. The summed E-state index contributed by atoms with van der Waals surface area (Å²) >= 11 is 3.64. The molecule has 0 aliphatic carbocycles. The van der Waals surface area contributed by atoms with Crippen LogP contribution in [0.4, 0.5) is 0 Å². The van der Waals surface area contributed by atoms with Gasteiger partial charge in [0.15, 0.2) is 14.1 Å². The molecule has 0 radical (unpaired) electrons. The molecule has 1 aliphatic heterocycles. The van der Waals surface area contributed by atoms with Gasteiger partial charge in [-0.05, 0) is 67.2 Å². The van der Waals surface area contributed by atoms with Crippen molar-refractivity contribution in [3.8, 4) is 0 Å². The summed E-state index contributed by atoms with van der Waals surface area (Å²) in [4.78, 5) is 12.9. The SMILES string of the molecule is CCOC(=O)C(C)(Br)[C@@H]1C[C@@H](/C=C\[C@H](C)[C@H](O[Si](C)(C)C(C)(C)C)[C@@H](C)CO[Si](c2ccccc2)(c2ccccc2)C(C)(C)C)OC(C)(C)O1. The van der Waals surface area contributed by atoms with E-state index >= 15 is 0 Å². The molecule has 9 heteroatoms. The van der Waals surface area contributed by atoms with Gasteiger partial charge in [0.1, 0.15) is 4.32 Å². The van der Waals surface area contributed by atoms with E-state index in [1.807, 2.05) is 27.7 Å². The van der Waals surface area contributed by atoms with Gasteiger partial charge in [-0.15, -0.1) is 0 Å². The number of halogens is 1. The summed E-state index contributed by atoms with van der Waals surface area (Å²) in [5, 5.41) is 2.47. The summed E-state index contributed by atoms with van der Waals surface area (Å²) in [5.41, 5.74) is 0.